The fourth-order valence-corrected chi connectivity index (χ4v) is 1.99. The summed E-state index contributed by atoms with van der Waals surface area (Å²) >= 11 is 11.9. The Morgan fingerprint density at radius 2 is 2.00 bits per heavy atom. The second kappa shape index (κ2) is 5.94. The topological polar surface area (TPSA) is 77.3 Å². The molecule has 0 aliphatic rings. The third kappa shape index (κ3) is 2.92. The molecule has 8 heteroatoms. The van der Waals surface area contributed by atoms with Gasteiger partial charge in [0, 0.05) is 13.1 Å². The molecule has 0 saturated heterocycles. The summed E-state index contributed by atoms with van der Waals surface area (Å²) in [5, 5.41) is 14.2. The smallest absolute Gasteiger partial charge is 0.311 e. The van der Waals surface area contributed by atoms with Crippen LogP contribution in [0.1, 0.15) is 0 Å². The van der Waals surface area contributed by atoms with Crippen molar-refractivity contribution >= 4 is 34.7 Å². The minimum atomic E-state index is -0.544. The molecule has 1 aromatic carbocycles. The number of ether oxygens (including phenoxy) is 1. The van der Waals surface area contributed by atoms with E-state index in [0.29, 0.717) is 10.8 Å². The molecule has 0 atom stereocenters. The lowest BCUT2D eigenvalue weighted by Gasteiger charge is -2.09. The molecule has 0 amide bonds. The molecule has 0 aliphatic carbocycles. The van der Waals surface area contributed by atoms with Crippen molar-refractivity contribution in [1.82, 2.24) is 4.98 Å². The van der Waals surface area contributed by atoms with Crippen LogP contribution in [0.15, 0.2) is 30.3 Å². The van der Waals surface area contributed by atoms with Crippen molar-refractivity contribution in [3.8, 4) is 11.6 Å². The number of halogens is 2. The van der Waals surface area contributed by atoms with E-state index in [1.807, 2.05) is 0 Å². The molecular weight excluding hydrogens is 305 g/mol. The van der Waals surface area contributed by atoms with E-state index in [4.69, 9.17) is 27.9 Å². The van der Waals surface area contributed by atoms with Gasteiger partial charge in [0.25, 0.3) is 0 Å². The van der Waals surface area contributed by atoms with E-state index in [1.165, 1.54) is 18.2 Å². The highest BCUT2D eigenvalue weighted by molar-refractivity contribution is 6.36. The molecule has 1 heterocycles. The number of nitro benzene ring substituents is 1. The van der Waals surface area contributed by atoms with Crippen molar-refractivity contribution in [1.29, 1.82) is 0 Å². The highest BCUT2D eigenvalue weighted by Gasteiger charge is 2.17. The maximum Gasteiger partial charge on any atom is 0.311 e. The average molecular weight is 314 g/mol. The maximum absolute atomic E-state index is 10.9. The molecule has 2 aromatic rings. The SMILES string of the molecule is CNc1nc(Oc2ccccc2[N+](=O)[O-])c(Cl)cc1Cl. The van der Waals surface area contributed by atoms with E-state index in [-0.39, 0.29) is 22.3 Å². The highest BCUT2D eigenvalue weighted by atomic mass is 35.5. The first kappa shape index (κ1) is 14.4. The Morgan fingerprint density at radius 1 is 1.30 bits per heavy atom. The third-order valence-corrected chi connectivity index (χ3v) is 2.96. The molecule has 0 unspecified atom stereocenters. The van der Waals surface area contributed by atoms with Gasteiger partial charge < -0.3 is 10.1 Å². The summed E-state index contributed by atoms with van der Waals surface area (Å²) in [6, 6.07) is 7.40. The number of hydrogen-bond donors (Lipinski definition) is 1. The molecule has 2 rings (SSSR count). The second-order valence-electron chi connectivity index (χ2n) is 3.68. The number of benzene rings is 1. The first-order valence-electron chi connectivity index (χ1n) is 5.48. The van der Waals surface area contributed by atoms with Gasteiger partial charge >= 0.3 is 5.69 Å². The van der Waals surface area contributed by atoms with Crippen molar-refractivity contribution < 1.29 is 9.66 Å². The summed E-state index contributed by atoms with van der Waals surface area (Å²) in [5.74, 6) is 0.454. The number of anilines is 1. The lowest BCUT2D eigenvalue weighted by molar-refractivity contribution is -0.385. The number of nitrogens with zero attached hydrogens (tertiary/aromatic N) is 2. The number of hydrogen-bond acceptors (Lipinski definition) is 5. The molecule has 0 bridgehead atoms. The Hall–Kier alpha value is -2.05. The fourth-order valence-electron chi connectivity index (χ4n) is 1.50. The van der Waals surface area contributed by atoms with Gasteiger partial charge in [0.05, 0.1) is 9.95 Å². The third-order valence-electron chi connectivity index (χ3n) is 2.40. The van der Waals surface area contributed by atoms with Crippen molar-refractivity contribution in [2.24, 2.45) is 0 Å². The van der Waals surface area contributed by atoms with E-state index < -0.39 is 4.92 Å². The molecule has 6 nitrogen and oxygen atoms in total. The Kier molecular flexibility index (Phi) is 4.26. The lowest BCUT2D eigenvalue weighted by Crippen LogP contribution is -1.98. The molecule has 104 valence electrons. The molecular formula is C12H9Cl2N3O3. The largest absolute Gasteiger partial charge is 0.430 e. The zero-order chi connectivity index (χ0) is 14.7. The van der Waals surface area contributed by atoms with Gasteiger partial charge in [-0.2, -0.15) is 4.98 Å². The van der Waals surface area contributed by atoms with Crippen LogP contribution in [0, 0.1) is 10.1 Å². The monoisotopic (exact) mass is 313 g/mol. The summed E-state index contributed by atoms with van der Waals surface area (Å²) in [4.78, 5) is 14.4. The predicted molar refractivity (Wildman–Crippen MR) is 77.0 cm³/mol. The quantitative estimate of drug-likeness (QED) is 0.678. The zero-order valence-corrected chi connectivity index (χ0v) is 11.8. The summed E-state index contributed by atoms with van der Waals surface area (Å²) in [6.07, 6.45) is 0. The van der Waals surface area contributed by atoms with E-state index in [2.05, 4.69) is 10.3 Å². The first-order valence-corrected chi connectivity index (χ1v) is 6.23. The van der Waals surface area contributed by atoms with Gasteiger partial charge in [-0.3, -0.25) is 10.1 Å². The number of para-hydroxylation sites is 2. The van der Waals surface area contributed by atoms with E-state index >= 15 is 0 Å². The standard InChI is InChI=1S/C12H9Cl2N3O3/c1-15-11-7(13)6-8(14)12(16-11)20-10-5-3-2-4-9(10)17(18)19/h2-6H,1H3,(H,15,16). The van der Waals surface area contributed by atoms with Gasteiger partial charge in [-0.1, -0.05) is 35.3 Å². The Morgan fingerprint density at radius 3 is 2.65 bits per heavy atom. The molecule has 1 N–H and O–H groups in total. The maximum atomic E-state index is 10.9. The van der Waals surface area contributed by atoms with Crippen LogP contribution in [-0.2, 0) is 0 Å². The number of nitro groups is 1. The number of rotatable bonds is 4. The summed E-state index contributed by atoms with van der Waals surface area (Å²) in [5.41, 5.74) is -0.175. The molecule has 0 saturated carbocycles. The summed E-state index contributed by atoms with van der Waals surface area (Å²) in [7, 11) is 1.64. The van der Waals surface area contributed by atoms with E-state index in [0.717, 1.165) is 0 Å². The molecule has 0 aliphatic heterocycles. The van der Waals surface area contributed by atoms with E-state index in [9.17, 15) is 10.1 Å². The van der Waals surface area contributed by atoms with Gasteiger partial charge in [0.15, 0.2) is 0 Å². The Balaban J connectivity index is 2.42. The van der Waals surface area contributed by atoms with Gasteiger partial charge in [0.2, 0.25) is 11.6 Å². The van der Waals surface area contributed by atoms with Crippen molar-refractivity contribution in [3.05, 3.63) is 50.5 Å². The van der Waals surface area contributed by atoms with Gasteiger partial charge in [-0.05, 0) is 12.1 Å². The van der Waals surface area contributed by atoms with Crippen LogP contribution >= 0.6 is 23.2 Å². The lowest BCUT2D eigenvalue weighted by atomic mass is 10.3. The van der Waals surface area contributed by atoms with Crippen molar-refractivity contribution in [2.45, 2.75) is 0 Å². The molecule has 1 aromatic heterocycles. The molecule has 0 fully saturated rings. The minimum Gasteiger partial charge on any atom is -0.430 e. The van der Waals surface area contributed by atoms with Crippen LogP contribution in [0.2, 0.25) is 10.0 Å². The van der Waals surface area contributed by atoms with Crippen LogP contribution < -0.4 is 10.1 Å². The van der Waals surface area contributed by atoms with Crippen LogP contribution in [0.5, 0.6) is 11.6 Å². The van der Waals surface area contributed by atoms with Crippen LogP contribution in [0.4, 0.5) is 11.5 Å². The number of pyridine rings is 1. The average Bonchev–Trinajstić information content (AvgIpc) is 2.42. The molecule has 0 radical (unpaired) electrons. The fraction of sp³-hybridized carbons (Fsp3) is 0.0833. The first-order chi connectivity index (χ1) is 9.52. The molecule has 20 heavy (non-hydrogen) atoms. The minimum absolute atomic E-state index is 0.0368. The summed E-state index contributed by atoms with van der Waals surface area (Å²) in [6.45, 7) is 0. The van der Waals surface area contributed by atoms with Crippen molar-refractivity contribution in [2.75, 3.05) is 12.4 Å². The van der Waals surface area contributed by atoms with Crippen LogP contribution in [0.25, 0.3) is 0 Å². The van der Waals surface area contributed by atoms with E-state index in [1.54, 1.807) is 19.2 Å². The van der Waals surface area contributed by atoms with Gasteiger partial charge in [-0.15, -0.1) is 0 Å². The number of nitrogens with one attached hydrogen (secondary N) is 1. The highest BCUT2D eigenvalue weighted by Crippen LogP contribution is 2.36. The normalized spacial score (nSPS) is 10.2. The molecule has 0 spiro atoms. The van der Waals surface area contributed by atoms with Gasteiger partial charge in [-0.25, -0.2) is 0 Å². The Bertz CT molecular complexity index is 664. The van der Waals surface area contributed by atoms with Crippen molar-refractivity contribution in [3.63, 3.8) is 0 Å². The predicted octanol–water partition coefficient (Wildman–Crippen LogP) is 4.13. The second-order valence-corrected chi connectivity index (χ2v) is 4.50. The summed E-state index contributed by atoms with van der Waals surface area (Å²) < 4.78 is 5.42. The number of aromatic nitrogens is 1. The zero-order valence-electron chi connectivity index (χ0n) is 10.3. The van der Waals surface area contributed by atoms with Crippen LogP contribution in [-0.4, -0.2) is 17.0 Å². The van der Waals surface area contributed by atoms with Crippen LogP contribution in [0.3, 0.4) is 0 Å². The Labute approximate surface area is 124 Å². The van der Waals surface area contributed by atoms with Gasteiger partial charge in [0.1, 0.15) is 10.8 Å².